The summed E-state index contributed by atoms with van der Waals surface area (Å²) in [6.07, 6.45) is 0.995. The zero-order valence-corrected chi connectivity index (χ0v) is 16.6. The Kier molecular flexibility index (Phi) is 4.09. The van der Waals surface area contributed by atoms with Gasteiger partial charge in [0, 0.05) is 42.5 Å². The summed E-state index contributed by atoms with van der Waals surface area (Å²) in [5.74, 6) is -3.63. The summed E-state index contributed by atoms with van der Waals surface area (Å²) >= 11 is 0. The number of hydrogen-bond donors (Lipinski definition) is 0. The van der Waals surface area contributed by atoms with Crippen LogP contribution in [0.3, 0.4) is 0 Å². The molecule has 1 amide bonds. The summed E-state index contributed by atoms with van der Waals surface area (Å²) in [5.41, 5.74) is 2.54. The number of fused-ring (bicyclic) bond motifs is 2. The topological polar surface area (TPSA) is 68.3 Å². The van der Waals surface area contributed by atoms with E-state index in [2.05, 4.69) is 15.1 Å². The Hall–Kier alpha value is -3.36. The molecule has 1 aliphatic heterocycles. The maximum absolute atomic E-state index is 14.7. The number of piperidine rings is 1. The van der Waals surface area contributed by atoms with Crippen molar-refractivity contribution in [1.82, 2.24) is 29.0 Å². The molecule has 1 atom stereocenters. The van der Waals surface area contributed by atoms with E-state index in [1.54, 1.807) is 30.7 Å². The van der Waals surface area contributed by atoms with Crippen molar-refractivity contribution in [2.45, 2.75) is 25.2 Å². The van der Waals surface area contributed by atoms with E-state index in [-0.39, 0.29) is 13.0 Å². The number of aryl methyl sites for hydroxylation is 2. The lowest BCUT2D eigenvalue weighted by molar-refractivity contribution is -0.0642. The van der Waals surface area contributed by atoms with Crippen molar-refractivity contribution in [1.29, 1.82) is 0 Å². The first-order valence-corrected chi connectivity index (χ1v) is 9.71. The number of halogens is 2. The Balaban J connectivity index is 1.53. The van der Waals surface area contributed by atoms with Gasteiger partial charge >= 0.3 is 0 Å². The van der Waals surface area contributed by atoms with Gasteiger partial charge in [-0.1, -0.05) is 18.2 Å². The van der Waals surface area contributed by atoms with Gasteiger partial charge in [0.1, 0.15) is 12.0 Å². The minimum Gasteiger partial charge on any atom is -0.340 e. The van der Waals surface area contributed by atoms with Crippen LogP contribution in [-0.2, 0) is 7.05 Å². The Morgan fingerprint density at radius 1 is 1.23 bits per heavy atom. The van der Waals surface area contributed by atoms with Gasteiger partial charge in [-0.25, -0.2) is 18.3 Å². The van der Waals surface area contributed by atoms with E-state index in [1.807, 2.05) is 24.3 Å². The number of alkyl halides is 2. The molecule has 0 saturated carbocycles. The van der Waals surface area contributed by atoms with E-state index in [0.717, 1.165) is 10.9 Å². The lowest BCUT2D eigenvalue weighted by atomic mass is 9.91. The molecule has 154 valence electrons. The van der Waals surface area contributed by atoms with E-state index < -0.39 is 24.3 Å². The summed E-state index contributed by atoms with van der Waals surface area (Å²) in [6, 6.07) is 11.1. The van der Waals surface area contributed by atoms with Crippen molar-refractivity contribution in [3.8, 4) is 0 Å². The maximum Gasteiger partial charge on any atom is 0.270 e. The number of carbonyl (C=O) groups is 1. The summed E-state index contributed by atoms with van der Waals surface area (Å²) in [7, 11) is 1.78. The number of para-hydroxylation sites is 1. The van der Waals surface area contributed by atoms with Gasteiger partial charge in [0.15, 0.2) is 0 Å². The van der Waals surface area contributed by atoms with Crippen molar-refractivity contribution < 1.29 is 13.6 Å². The van der Waals surface area contributed by atoms with Gasteiger partial charge in [-0.2, -0.15) is 10.1 Å². The van der Waals surface area contributed by atoms with Crippen LogP contribution in [0.4, 0.5) is 8.78 Å². The minimum absolute atomic E-state index is 0.175. The molecule has 1 aromatic carbocycles. The van der Waals surface area contributed by atoms with Crippen molar-refractivity contribution in [3.05, 3.63) is 59.8 Å². The maximum atomic E-state index is 14.7. The van der Waals surface area contributed by atoms with Crippen LogP contribution in [0.25, 0.3) is 16.7 Å². The third-order valence-corrected chi connectivity index (χ3v) is 5.69. The van der Waals surface area contributed by atoms with Crippen LogP contribution in [0.1, 0.15) is 34.2 Å². The molecule has 7 nitrogen and oxygen atoms in total. The number of rotatable bonds is 2. The van der Waals surface area contributed by atoms with Crippen LogP contribution < -0.4 is 0 Å². The zero-order valence-electron chi connectivity index (χ0n) is 16.6. The Morgan fingerprint density at radius 3 is 2.83 bits per heavy atom. The monoisotopic (exact) mass is 410 g/mol. The molecule has 30 heavy (non-hydrogen) atoms. The fourth-order valence-electron chi connectivity index (χ4n) is 4.36. The molecule has 1 saturated heterocycles. The molecule has 1 aliphatic rings. The molecule has 0 aliphatic carbocycles. The molecule has 0 radical (unpaired) electrons. The van der Waals surface area contributed by atoms with Gasteiger partial charge in [-0.3, -0.25) is 4.79 Å². The largest absolute Gasteiger partial charge is 0.340 e. The SMILES string of the molecule is Cc1cc(C2CN(C(=O)c3cc4ccccc4n3C)CC(F)(F)C2)n2ncnc2n1. The molecule has 4 heterocycles. The highest BCUT2D eigenvalue weighted by Gasteiger charge is 2.44. The van der Waals surface area contributed by atoms with Crippen LogP contribution in [-0.4, -0.2) is 54.0 Å². The van der Waals surface area contributed by atoms with Gasteiger partial charge in [0.25, 0.3) is 17.6 Å². The molecular weight excluding hydrogens is 390 g/mol. The quantitative estimate of drug-likeness (QED) is 0.509. The predicted molar refractivity (Wildman–Crippen MR) is 107 cm³/mol. The first-order chi connectivity index (χ1) is 14.3. The second-order valence-electron chi connectivity index (χ2n) is 7.88. The number of aromatic nitrogens is 5. The number of benzene rings is 1. The Labute approximate surface area is 171 Å². The fourth-order valence-corrected chi connectivity index (χ4v) is 4.36. The minimum atomic E-state index is -3.01. The molecule has 5 rings (SSSR count). The highest BCUT2D eigenvalue weighted by atomic mass is 19.3. The van der Waals surface area contributed by atoms with Gasteiger partial charge in [0.05, 0.1) is 12.2 Å². The zero-order chi connectivity index (χ0) is 21.0. The third kappa shape index (κ3) is 3.01. The Morgan fingerprint density at radius 2 is 2.03 bits per heavy atom. The van der Waals surface area contributed by atoms with Crippen LogP contribution in [0.2, 0.25) is 0 Å². The predicted octanol–water partition coefficient (Wildman–Crippen LogP) is 3.19. The Bertz CT molecular complexity index is 1280. The van der Waals surface area contributed by atoms with E-state index in [9.17, 15) is 13.6 Å². The first kappa shape index (κ1) is 18.7. The molecule has 1 fully saturated rings. The molecule has 0 spiro atoms. The molecular formula is C21H20F2N6O. The summed E-state index contributed by atoms with van der Waals surface area (Å²) in [6.45, 7) is 1.36. The van der Waals surface area contributed by atoms with Crippen LogP contribution in [0, 0.1) is 6.92 Å². The molecule has 0 N–H and O–H groups in total. The standard InChI is InChI=1S/C21H20F2N6O/c1-13-7-17(29-20(26-13)24-12-25-29)15-9-21(22,23)11-28(10-15)19(30)18-8-14-5-3-4-6-16(14)27(18)2/h3-8,12,15H,9-11H2,1-2H3. The van der Waals surface area contributed by atoms with Crippen molar-refractivity contribution in [3.63, 3.8) is 0 Å². The van der Waals surface area contributed by atoms with Crippen molar-refractivity contribution in [2.24, 2.45) is 7.05 Å². The smallest absolute Gasteiger partial charge is 0.270 e. The highest BCUT2D eigenvalue weighted by Crippen LogP contribution is 2.37. The van der Waals surface area contributed by atoms with Gasteiger partial charge in [-0.15, -0.1) is 0 Å². The normalized spacial score (nSPS) is 18.9. The average molecular weight is 410 g/mol. The van der Waals surface area contributed by atoms with Gasteiger partial charge in [-0.05, 0) is 25.1 Å². The molecule has 4 aromatic rings. The summed E-state index contributed by atoms with van der Waals surface area (Å²) < 4.78 is 32.7. The molecule has 3 aromatic heterocycles. The van der Waals surface area contributed by atoms with Crippen LogP contribution in [0.15, 0.2) is 42.7 Å². The molecule has 1 unspecified atom stereocenters. The van der Waals surface area contributed by atoms with E-state index in [4.69, 9.17) is 0 Å². The number of amides is 1. The van der Waals surface area contributed by atoms with Crippen molar-refractivity contribution >= 4 is 22.6 Å². The van der Waals surface area contributed by atoms with Crippen LogP contribution >= 0.6 is 0 Å². The van der Waals surface area contributed by atoms with E-state index >= 15 is 0 Å². The first-order valence-electron chi connectivity index (χ1n) is 9.71. The highest BCUT2D eigenvalue weighted by molar-refractivity contribution is 5.98. The van der Waals surface area contributed by atoms with Crippen molar-refractivity contribution in [2.75, 3.05) is 13.1 Å². The van der Waals surface area contributed by atoms with Gasteiger partial charge in [0.2, 0.25) is 0 Å². The number of nitrogens with zero attached hydrogens (tertiary/aromatic N) is 6. The lowest BCUT2D eigenvalue weighted by Gasteiger charge is -2.37. The number of likely N-dealkylation sites (tertiary alicyclic amines) is 1. The second-order valence-corrected chi connectivity index (χ2v) is 7.88. The van der Waals surface area contributed by atoms with Crippen LogP contribution in [0.5, 0.6) is 0 Å². The third-order valence-electron chi connectivity index (χ3n) is 5.69. The van der Waals surface area contributed by atoms with E-state index in [0.29, 0.717) is 22.9 Å². The molecule has 9 heteroatoms. The van der Waals surface area contributed by atoms with E-state index in [1.165, 1.54) is 15.7 Å². The summed E-state index contributed by atoms with van der Waals surface area (Å²) in [4.78, 5) is 22.9. The molecule has 0 bridgehead atoms. The average Bonchev–Trinajstić information content (AvgIpc) is 3.30. The van der Waals surface area contributed by atoms with Gasteiger partial charge < -0.3 is 9.47 Å². The second kappa shape index (κ2) is 6.58. The lowest BCUT2D eigenvalue weighted by Crippen LogP contribution is -2.49. The number of hydrogen-bond acceptors (Lipinski definition) is 4. The summed E-state index contributed by atoms with van der Waals surface area (Å²) in [5, 5.41) is 5.05. The fraction of sp³-hybridized carbons (Fsp3) is 0.333. The number of carbonyl (C=O) groups excluding carboxylic acids is 1.